The van der Waals surface area contributed by atoms with Gasteiger partial charge in [0.15, 0.2) is 0 Å². The van der Waals surface area contributed by atoms with E-state index in [1.807, 2.05) is 0 Å². The van der Waals surface area contributed by atoms with Gasteiger partial charge in [0.05, 0.1) is 0 Å². The number of carbonyl (C=O) groups excluding carboxylic acids is 1. The molecule has 2 heteroatoms. The Bertz CT molecular complexity index is 293. The van der Waals surface area contributed by atoms with E-state index < -0.39 is 0 Å². The summed E-state index contributed by atoms with van der Waals surface area (Å²) >= 11 is 0. The zero-order valence-electron chi connectivity index (χ0n) is 9.19. The van der Waals surface area contributed by atoms with Gasteiger partial charge < -0.3 is 4.74 Å². The van der Waals surface area contributed by atoms with E-state index in [9.17, 15) is 4.79 Å². The Balaban J connectivity index is 1.98. The molecule has 0 radical (unpaired) electrons. The van der Waals surface area contributed by atoms with Crippen LogP contribution in [0.3, 0.4) is 0 Å². The lowest BCUT2D eigenvalue weighted by Crippen LogP contribution is -2.28. The zero-order valence-corrected chi connectivity index (χ0v) is 9.19. The van der Waals surface area contributed by atoms with Crippen molar-refractivity contribution in [2.45, 2.75) is 32.3 Å². The predicted octanol–water partition coefficient (Wildman–Crippen LogP) is 2.71. The van der Waals surface area contributed by atoms with E-state index in [1.54, 1.807) is 0 Å². The van der Waals surface area contributed by atoms with E-state index in [0.29, 0.717) is 11.8 Å². The summed E-state index contributed by atoms with van der Waals surface area (Å²) in [7, 11) is 0. The van der Waals surface area contributed by atoms with Crippen molar-refractivity contribution < 1.29 is 9.53 Å². The summed E-state index contributed by atoms with van der Waals surface area (Å²) in [5.41, 5.74) is 0. The van der Waals surface area contributed by atoms with Crippen LogP contribution in [0.2, 0.25) is 0 Å². The van der Waals surface area contributed by atoms with Gasteiger partial charge in [-0.25, -0.2) is 4.79 Å². The third kappa shape index (κ3) is 1.99. The summed E-state index contributed by atoms with van der Waals surface area (Å²) in [5, 5.41) is 0. The predicted molar refractivity (Wildman–Crippen MR) is 59.2 cm³/mol. The minimum Gasteiger partial charge on any atom is -0.459 e. The molecule has 1 fully saturated rings. The number of rotatable bonds is 4. The second kappa shape index (κ2) is 4.21. The van der Waals surface area contributed by atoms with E-state index in [1.165, 1.54) is 18.9 Å². The highest BCUT2D eigenvalue weighted by atomic mass is 16.5. The molecule has 0 aromatic heterocycles. The molecule has 0 N–H and O–H groups in total. The van der Waals surface area contributed by atoms with Crippen molar-refractivity contribution in [3.63, 3.8) is 0 Å². The smallest absolute Gasteiger partial charge is 0.330 e. The fraction of sp³-hybridized carbons (Fsp3) is 0.615. The number of esters is 1. The van der Waals surface area contributed by atoms with Gasteiger partial charge in [-0.3, -0.25) is 0 Å². The molecule has 0 amide bonds. The minimum atomic E-state index is -0.284. The lowest BCUT2D eigenvalue weighted by atomic mass is 9.87. The number of ether oxygens (including phenoxy) is 1. The minimum absolute atomic E-state index is 0.0791. The number of hydrogen-bond donors (Lipinski definition) is 0. The Labute approximate surface area is 91.0 Å². The molecule has 4 atom stereocenters. The Morgan fingerprint density at radius 3 is 2.87 bits per heavy atom. The van der Waals surface area contributed by atoms with Crippen molar-refractivity contribution >= 4 is 5.97 Å². The zero-order chi connectivity index (χ0) is 10.8. The molecule has 0 saturated heterocycles. The topological polar surface area (TPSA) is 26.3 Å². The van der Waals surface area contributed by atoms with Crippen LogP contribution in [0.15, 0.2) is 24.8 Å². The van der Waals surface area contributed by atoms with E-state index in [-0.39, 0.29) is 12.1 Å². The van der Waals surface area contributed by atoms with Gasteiger partial charge in [-0.1, -0.05) is 25.7 Å². The first-order valence-electron chi connectivity index (χ1n) is 5.76. The van der Waals surface area contributed by atoms with Gasteiger partial charge in [0.1, 0.15) is 6.10 Å². The van der Waals surface area contributed by atoms with Gasteiger partial charge in [0.2, 0.25) is 0 Å². The van der Waals surface area contributed by atoms with Crippen molar-refractivity contribution in [1.82, 2.24) is 0 Å². The molecule has 82 valence electrons. The fourth-order valence-corrected chi connectivity index (χ4v) is 2.92. The van der Waals surface area contributed by atoms with Gasteiger partial charge in [0, 0.05) is 12.0 Å². The van der Waals surface area contributed by atoms with Crippen molar-refractivity contribution in [3.8, 4) is 0 Å². The molecule has 0 aliphatic heterocycles. The SMILES string of the molecule is C=CC(=O)OC(CC)C1CC2C=CC1C2. The van der Waals surface area contributed by atoms with Gasteiger partial charge in [-0.15, -0.1) is 0 Å². The fourth-order valence-electron chi connectivity index (χ4n) is 2.92. The van der Waals surface area contributed by atoms with Crippen LogP contribution in [0.25, 0.3) is 0 Å². The Hall–Kier alpha value is -1.05. The average Bonchev–Trinajstić information content (AvgIpc) is 2.86. The molecule has 2 rings (SSSR count). The molecular weight excluding hydrogens is 188 g/mol. The van der Waals surface area contributed by atoms with Crippen molar-refractivity contribution in [1.29, 1.82) is 0 Å². The number of carbonyl (C=O) groups is 1. The van der Waals surface area contributed by atoms with Crippen molar-refractivity contribution in [2.75, 3.05) is 0 Å². The average molecular weight is 206 g/mol. The molecule has 0 spiro atoms. The first-order chi connectivity index (χ1) is 7.24. The molecule has 0 heterocycles. The van der Waals surface area contributed by atoms with Gasteiger partial charge in [0.25, 0.3) is 0 Å². The van der Waals surface area contributed by atoms with Crippen LogP contribution in [0.4, 0.5) is 0 Å². The van der Waals surface area contributed by atoms with Crippen molar-refractivity contribution in [3.05, 3.63) is 24.8 Å². The van der Waals surface area contributed by atoms with Crippen LogP contribution in [-0.4, -0.2) is 12.1 Å². The van der Waals surface area contributed by atoms with E-state index >= 15 is 0 Å². The Kier molecular flexibility index (Phi) is 2.94. The Morgan fingerprint density at radius 2 is 2.40 bits per heavy atom. The molecule has 4 unspecified atom stereocenters. The summed E-state index contributed by atoms with van der Waals surface area (Å²) in [6, 6.07) is 0. The molecule has 2 bridgehead atoms. The first-order valence-corrected chi connectivity index (χ1v) is 5.76. The molecule has 2 aliphatic rings. The molecule has 0 aromatic carbocycles. The quantitative estimate of drug-likeness (QED) is 0.401. The maximum Gasteiger partial charge on any atom is 0.330 e. The highest BCUT2D eigenvalue weighted by Crippen LogP contribution is 2.46. The maximum absolute atomic E-state index is 11.2. The monoisotopic (exact) mass is 206 g/mol. The lowest BCUT2D eigenvalue weighted by Gasteiger charge is -2.26. The van der Waals surface area contributed by atoms with Crippen LogP contribution in [0.5, 0.6) is 0 Å². The van der Waals surface area contributed by atoms with Crippen LogP contribution in [0, 0.1) is 17.8 Å². The second-order valence-corrected chi connectivity index (χ2v) is 4.53. The molecular formula is C13H18O2. The number of hydrogen-bond acceptors (Lipinski definition) is 2. The first kappa shape index (κ1) is 10.5. The lowest BCUT2D eigenvalue weighted by molar-refractivity contribution is -0.146. The molecule has 0 aromatic rings. The summed E-state index contributed by atoms with van der Waals surface area (Å²) in [6.45, 7) is 5.51. The van der Waals surface area contributed by atoms with E-state index in [0.717, 1.165) is 12.3 Å². The van der Waals surface area contributed by atoms with Gasteiger partial charge in [-0.2, -0.15) is 0 Å². The standard InChI is InChI=1S/C13H18O2/c1-3-12(15-13(14)4-2)11-8-9-5-6-10(11)7-9/h4-6,9-12H,2-3,7-8H2,1H3. The second-order valence-electron chi connectivity index (χ2n) is 4.53. The molecule has 15 heavy (non-hydrogen) atoms. The highest BCUT2D eigenvalue weighted by Gasteiger charge is 2.40. The van der Waals surface area contributed by atoms with Crippen LogP contribution in [0.1, 0.15) is 26.2 Å². The van der Waals surface area contributed by atoms with Gasteiger partial charge in [-0.05, 0) is 31.1 Å². The summed E-state index contributed by atoms with van der Waals surface area (Å²) in [5.74, 6) is 1.62. The van der Waals surface area contributed by atoms with E-state index in [4.69, 9.17) is 4.74 Å². The van der Waals surface area contributed by atoms with Crippen LogP contribution >= 0.6 is 0 Å². The number of allylic oxidation sites excluding steroid dienone is 2. The molecule has 2 aliphatic carbocycles. The largest absolute Gasteiger partial charge is 0.459 e. The normalized spacial score (nSPS) is 34.1. The maximum atomic E-state index is 11.2. The summed E-state index contributed by atoms with van der Waals surface area (Å²) < 4.78 is 5.39. The summed E-state index contributed by atoms with van der Waals surface area (Å²) in [4.78, 5) is 11.2. The Morgan fingerprint density at radius 1 is 1.60 bits per heavy atom. The van der Waals surface area contributed by atoms with Crippen LogP contribution < -0.4 is 0 Å². The van der Waals surface area contributed by atoms with E-state index in [2.05, 4.69) is 25.7 Å². The van der Waals surface area contributed by atoms with Gasteiger partial charge >= 0.3 is 5.97 Å². The third-order valence-corrected chi connectivity index (χ3v) is 3.64. The molecule has 1 saturated carbocycles. The molecule has 2 nitrogen and oxygen atoms in total. The van der Waals surface area contributed by atoms with Crippen molar-refractivity contribution in [2.24, 2.45) is 17.8 Å². The third-order valence-electron chi connectivity index (χ3n) is 3.64. The summed E-state index contributed by atoms with van der Waals surface area (Å²) in [6.07, 6.45) is 9.28. The number of fused-ring (bicyclic) bond motifs is 2. The highest BCUT2D eigenvalue weighted by molar-refractivity contribution is 5.81. The van der Waals surface area contributed by atoms with Crippen LogP contribution in [-0.2, 0) is 9.53 Å².